The van der Waals surface area contributed by atoms with E-state index in [9.17, 15) is 4.79 Å². The maximum atomic E-state index is 11.1. The summed E-state index contributed by atoms with van der Waals surface area (Å²) in [4.78, 5) is 27.5. The van der Waals surface area contributed by atoms with Crippen LogP contribution in [0.3, 0.4) is 0 Å². The second-order valence-corrected chi connectivity index (χ2v) is 4.05. The summed E-state index contributed by atoms with van der Waals surface area (Å²) in [6.45, 7) is 1.37. The van der Waals surface area contributed by atoms with Gasteiger partial charge in [0.25, 0.3) is 0 Å². The Hall–Kier alpha value is -2.27. The number of nitrogens with zero attached hydrogens (tertiary/aromatic N) is 5. The maximum absolute atomic E-state index is 11.1. The van der Waals surface area contributed by atoms with E-state index in [2.05, 4.69) is 25.3 Å². The molecule has 8 heteroatoms. The molecule has 1 N–H and O–H groups in total. The van der Waals surface area contributed by atoms with Crippen molar-refractivity contribution in [1.82, 2.24) is 19.9 Å². The highest BCUT2D eigenvalue weighted by Gasteiger charge is 2.11. The van der Waals surface area contributed by atoms with E-state index in [1.807, 2.05) is 12.3 Å². The lowest BCUT2D eigenvalue weighted by Gasteiger charge is -2.06. The third kappa shape index (κ3) is 2.36. The fraction of sp³-hybridized carbons (Fsp3) is 0.200. The van der Waals surface area contributed by atoms with Gasteiger partial charge in [-0.25, -0.2) is 19.9 Å². The minimum absolute atomic E-state index is 0.148. The Balaban J connectivity index is 2.69. The van der Waals surface area contributed by atoms with Crippen molar-refractivity contribution in [1.29, 1.82) is 5.26 Å². The van der Waals surface area contributed by atoms with Crippen LogP contribution in [0.5, 0.6) is 0 Å². The van der Waals surface area contributed by atoms with Crippen LogP contribution in [0.25, 0.3) is 11.2 Å². The molecule has 0 aliphatic carbocycles. The molecule has 0 spiro atoms. The summed E-state index contributed by atoms with van der Waals surface area (Å²) in [7, 11) is 0. The normalized spacial score (nSPS) is 10.1. The maximum Gasteiger partial charge on any atom is 0.222 e. The van der Waals surface area contributed by atoms with Gasteiger partial charge in [0.05, 0.1) is 6.20 Å². The molecule has 0 saturated carbocycles. The monoisotopic (exact) mass is 260 g/mol. The highest BCUT2D eigenvalue weighted by atomic mass is 32.2. The molecule has 2 heterocycles. The minimum atomic E-state index is -0.272. The van der Waals surface area contributed by atoms with Crippen LogP contribution in [-0.4, -0.2) is 32.1 Å². The molecule has 0 radical (unpaired) electrons. The predicted octanol–water partition coefficient (Wildman–Crippen LogP) is 0.972. The molecule has 0 aromatic carbocycles. The van der Waals surface area contributed by atoms with Crippen molar-refractivity contribution >= 4 is 34.7 Å². The number of rotatable bonds is 2. The molecule has 7 nitrogen and oxygen atoms in total. The van der Waals surface area contributed by atoms with Crippen molar-refractivity contribution in [2.45, 2.75) is 12.1 Å². The summed E-state index contributed by atoms with van der Waals surface area (Å²) in [5.74, 6) is -0.00679. The third-order valence-corrected chi connectivity index (χ3v) is 2.53. The van der Waals surface area contributed by atoms with Crippen molar-refractivity contribution in [3.05, 3.63) is 11.9 Å². The zero-order chi connectivity index (χ0) is 13.1. The molecule has 90 valence electrons. The molecule has 0 aliphatic heterocycles. The number of anilines is 1. The smallest absolute Gasteiger partial charge is 0.222 e. The molecule has 0 saturated heterocycles. The molecule has 2 aromatic rings. The molecule has 2 aromatic heterocycles. The highest BCUT2D eigenvalue weighted by Crippen LogP contribution is 2.20. The molecule has 18 heavy (non-hydrogen) atoms. The van der Waals surface area contributed by atoms with Crippen molar-refractivity contribution in [3.8, 4) is 6.07 Å². The van der Waals surface area contributed by atoms with Gasteiger partial charge in [0, 0.05) is 6.92 Å². The van der Waals surface area contributed by atoms with Crippen molar-refractivity contribution in [2.75, 3.05) is 11.6 Å². The van der Waals surface area contributed by atoms with E-state index >= 15 is 0 Å². The summed E-state index contributed by atoms with van der Waals surface area (Å²) in [6.07, 6.45) is 3.15. The first-order chi connectivity index (χ1) is 8.63. The lowest BCUT2D eigenvalue weighted by atomic mass is 10.4. The molecule has 0 unspecified atom stereocenters. The van der Waals surface area contributed by atoms with E-state index in [1.165, 1.54) is 24.9 Å². The van der Waals surface area contributed by atoms with Crippen LogP contribution in [0.4, 0.5) is 5.82 Å². The van der Waals surface area contributed by atoms with Crippen LogP contribution in [0.15, 0.2) is 11.4 Å². The lowest BCUT2D eigenvalue weighted by molar-refractivity contribution is -0.114. The highest BCUT2D eigenvalue weighted by molar-refractivity contribution is 7.98. The van der Waals surface area contributed by atoms with Crippen LogP contribution >= 0.6 is 11.8 Å². The number of nitrogens with one attached hydrogen (secondary N) is 1. The standard InChI is InChI=1S/C10H8N6OS/c1-5(17)13-9-7-8(15-10(16-9)18-2)12-4-6(3-11)14-7/h4H,1-2H3,(H,12,13,15,16,17). The van der Waals surface area contributed by atoms with Crippen LogP contribution < -0.4 is 5.32 Å². The number of fused-ring (bicyclic) bond motifs is 1. The minimum Gasteiger partial charge on any atom is -0.309 e. The van der Waals surface area contributed by atoms with Gasteiger partial charge >= 0.3 is 0 Å². The zero-order valence-electron chi connectivity index (χ0n) is 9.63. The number of thioether (sulfide) groups is 1. The molecular weight excluding hydrogens is 252 g/mol. The number of hydrogen-bond donors (Lipinski definition) is 1. The van der Waals surface area contributed by atoms with E-state index in [0.717, 1.165) is 0 Å². The van der Waals surface area contributed by atoms with Gasteiger partial charge in [0.2, 0.25) is 5.91 Å². The molecule has 0 atom stereocenters. The van der Waals surface area contributed by atoms with Gasteiger partial charge in [-0.1, -0.05) is 11.8 Å². The van der Waals surface area contributed by atoms with Gasteiger partial charge in [-0.3, -0.25) is 4.79 Å². The Labute approximate surface area is 107 Å². The van der Waals surface area contributed by atoms with Gasteiger partial charge in [0.1, 0.15) is 6.07 Å². The van der Waals surface area contributed by atoms with Crippen molar-refractivity contribution in [3.63, 3.8) is 0 Å². The topological polar surface area (TPSA) is 104 Å². The van der Waals surface area contributed by atoms with Gasteiger partial charge in [-0.15, -0.1) is 0 Å². The number of nitriles is 1. The number of carbonyl (C=O) groups is 1. The van der Waals surface area contributed by atoms with Gasteiger partial charge in [-0.05, 0) is 6.26 Å². The Kier molecular flexibility index (Phi) is 3.34. The average Bonchev–Trinajstić information content (AvgIpc) is 2.37. The molecule has 0 bridgehead atoms. The van der Waals surface area contributed by atoms with Crippen molar-refractivity contribution < 1.29 is 4.79 Å². The number of aromatic nitrogens is 4. The van der Waals surface area contributed by atoms with Crippen molar-refractivity contribution in [2.24, 2.45) is 0 Å². The lowest BCUT2D eigenvalue weighted by Crippen LogP contribution is -2.10. The first-order valence-electron chi connectivity index (χ1n) is 4.90. The summed E-state index contributed by atoms with van der Waals surface area (Å²) >= 11 is 1.33. The number of carbonyl (C=O) groups excluding carboxylic acids is 1. The quantitative estimate of drug-likeness (QED) is 0.633. The van der Waals surface area contributed by atoms with Crippen LogP contribution in [-0.2, 0) is 4.79 Å². The number of amides is 1. The molecular formula is C10H8N6OS. The first kappa shape index (κ1) is 12.2. The van der Waals surface area contributed by atoms with Gasteiger partial charge in [0.15, 0.2) is 27.8 Å². The second-order valence-electron chi connectivity index (χ2n) is 3.28. The van der Waals surface area contributed by atoms with E-state index in [4.69, 9.17) is 5.26 Å². The Morgan fingerprint density at radius 1 is 1.44 bits per heavy atom. The Morgan fingerprint density at radius 3 is 2.83 bits per heavy atom. The van der Waals surface area contributed by atoms with Crippen LogP contribution in [0.1, 0.15) is 12.6 Å². The number of hydrogen-bond acceptors (Lipinski definition) is 7. The average molecular weight is 260 g/mol. The largest absolute Gasteiger partial charge is 0.309 e. The van der Waals surface area contributed by atoms with E-state index < -0.39 is 0 Å². The summed E-state index contributed by atoms with van der Waals surface area (Å²) in [5.41, 5.74) is 0.800. The van der Waals surface area contributed by atoms with E-state index in [0.29, 0.717) is 16.3 Å². The van der Waals surface area contributed by atoms with E-state index in [-0.39, 0.29) is 17.4 Å². The molecule has 1 amide bonds. The van der Waals surface area contributed by atoms with E-state index in [1.54, 1.807) is 0 Å². The Bertz CT molecular complexity index is 665. The predicted molar refractivity (Wildman–Crippen MR) is 65.9 cm³/mol. The summed E-state index contributed by atoms with van der Waals surface area (Å²) in [6, 6.07) is 1.88. The van der Waals surface area contributed by atoms with Gasteiger partial charge in [-0.2, -0.15) is 5.26 Å². The van der Waals surface area contributed by atoms with Crippen LogP contribution in [0, 0.1) is 11.3 Å². The fourth-order valence-corrected chi connectivity index (χ4v) is 1.65. The third-order valence-electron chi connectivity index (χ3n) is 1.98. The van der Waals surface area contributed by atoms with Gasteiger partial charge < -0.3 is 5.32 Å². The van der Waals surface area contributed by atoms with Crippen LogP contribution in [0.2, 0.25) is 0 Å². The fourth-order valence-electron chi connectivity index (χ4n) is 1.29. The molecule has 2 rings (SSSR count). The molecule has 0 fully saturated rings. The summed E-state index contributed by atoms with van der Waals surface area (Å²) in [5, 5.41) is 11.8. The second kappa shape index (κ2) is 4.93. The SMILES string of the molecule is CSc1nc(NC(C)=O)c2nc(C#N)cnc2n1. The molecule has 0 aliphatic rings. The summed E-state index contributed by atoms with van der Waals surface area (Å²) < 4.78 is 0. The zero-order valence-corrected chi connectivity index (χ0v) is 10.4. The first-order valence-corrected chi connectivity index (χ1v) is 6.13. The Morgan fingerprint density at radius 2 is 2.22 bits per heavy atom.